The second kappa shape index (κ2) is 5.94. The summed E-state index contributed by atoms with van der Waals surface area (Å²) >= 11 is 1.41. The van der Waals surface area contributed by atoms with Crippen LogP contribution in [0, 0.1) is 6.92 Å². The Bertz CT molecular complexity index is 819. The summed E-state index contributed by atoms with van der Waals surface area (Å²) in [5, 5.41) is 16.2. The van der Waals surface area contributed by atoms with Crippen molar-refractivity contribution in [3.05, 3.63) is 57.9 Å². The number of aromatic nitrogens is 1. The van der Waals surface area contributed by atoms with Crippen LogP contribution in [0.1, 0.15) is 26.9 Å². The van der Waals surface area contributed by atoms with Crippen LogP contribution in [-0.4, -0.2) is 22.1 Å². The highest BCUT2D eigenvalue weighted by Crippen LogP contribution is 2.25. The minimum Gasteiger partial charge on any atom is -0.386 e. The Morgan fingerprint density at radius 2 is 2.18 bits per heavy atom. The van der Waals surface area contributed by atoms with Crippen molar-refractivity contribution in [3.63, 3.8) is 0 Å². The molecule has 0 aliphatic heterocycles. The molecular weight excluding hydrogens is 296 g/mol. The Balaban J connectivity index is 1.74. The Morgan fingerprint density at radius 3 is 2.91 bits per heavy atom. The van der Waals surface area contributed by atoms with E-state index in [0.717, 1.165) is 22.0 Å². The van der Waals surface area contributed by atoms with Crippen molar-refractivity contribution in [1.82, 2.24) is 9.88 Å². The number of fused-ring (bicyclic) bond motifs is 1. The first-order valence-corrected chi connectivity index (χ1v) is 7.99. The quantitative estimate of drug-likeness (QED) is 0.778. The van der Waals surface area contributed by atoms with Gasteiger partial charge in [-0.3, -0.25) is 4.79 Å². The molecule has 3 rings (SSSR count). The summed E-state index contributed by atoms with van der Waals surface area (Å²) in [7, 11) is 1.95. The predicted molar refractivity (Wildman–Crippen MR) is 89.3 cm³/mol. The maximum Gasteiger partial charge on any atom is 0.261 e. The second-order valence-corrected chi connectivity index (χ2v) is 6.34. The fraction of sp³-hybridized carbons (Fsp3) is 0.235. The zero-order chi connectivity index (χ0) is 15.7. The number of aliphatic hydroxyl groups is 1. The number of hydrogen-bond donors (Lipinski definition) is 2. The number of para-hydroxylation sites is 1. The first kappa shape index (κ1) is 14.8. The molecule has 0 radical (unpaired) electrons. The smallest absolute Gasteiger partial charge is 0.261 e. The number of nitrogens with one attached hydrogen (secondary N) is 1. The van der Waals surface area contributed by atoms with Gasteiger partial charge in [-0.15, -0.1) is 11.3 Å². The molecule has 22 heavy (non-hydrogen) atoms. The Morgan fingerprint density at radius 1 is 1.41 bits per heavy atom. The number of carbonyl (C=O) groups is 1. The van der Waals surface area contributed by atoms with Crippen LogP contribution in [0.4, 0.5) is 0 Å². The number of nitrogens with zero attached hydrogens (tertiary/aromatic N) is 1. The van der Waals surface area contributed by atoms with E-state index in [1.54, 1.807) is 0 Å². The summed E-state index contributed by atoms with van der Waals surface area (Å²) in [6.45, 7) is 2.15. The van der Waals surface area contributed by atoms with Gasteiger partial charge in [-0.05, 0) is 30.0 Å². The molecule has 0 saturated carbocycles. The maximum atomic E-state index is 12.0. The molecule has 5 heteroatoms. The molecule has 1 aromatic carbocycles. The van der Waals surface area contributed by atoms with Gasteiger partial charge < -0.3 is 15.0 Å². The number of amides is 1. The van der Waals surface area contributed by atoms with Gasteiger partial charge in [0.2, 0.25) is 0 Å². The van der Waals surface area contributed by atoms with Gasteiger partial charge in [0, 0.05) is 36.3 Å². The second-order valence-electron chi connectivity index (χ2n) is 5.43. The Kier molecular flexibility index (Phi) is 4.00. The van der Waals surface area contributed by atoms with E-state index in [1.807, 2.05) is 60.4 Å². The molecule has 1 atom stereocenters. The number of thiophene rings is 1. The van der Waals surface area contributed by atoms with Crippen molar-refractivity contribution < 1.29 is 9.90 Å². The van der Waals surface area contributed by atoms with Gasteiger partial charge in [-0.1, -0.05) is 18.2 Å². The first-order chi connectivity index (χ1) is 10.6. The summed E-state index contributed by atoms with van der Waals surface area (Å²) in [6.07, 6.45) is 1.19. The molecule has 0 bridgehead atoms. The van der Waals surface area contributed by atoms with Crippen LogP contribution in [-0.2, 0) is 7.05 Å². The third-order valence-corrected chi connectivity index (χ3v) is 4.74. The summed E-state index contributed by atoms with van der Waals surface area (Å²) in [5.41, 5.74) is 2.97. The monoisotopic (exact) mass is 314 g/mol. The third-order valence-electron chi connectivity index (χ3n) is 3.70. The van der Waals surface area contributed by atoms with E-state index >= 15 is 0 Å². The highest BCUT2D eigenvalue weighted by atomic mass is 32.1. The molecule has 0 fully saturated rings. The highest BCUT2D eigenvalue weighted by Gasteiger charge is 2.16. The van der Waals surface area contributed by atoms with Gasteiger partial charge in [-0.2, -0.15) is 0 Å². The molecule has 0 aliphatic rings. The van der Waals surface area contributed by atoms with Gasteiger partial charge in [0.05, 0.1) is 11.0 Å². The van der Waals surface area contributed by atoms with E-state index in [1.165, 1.54) is 11.3 Å². The van der Waals surface area contributed by atoms with Crippen LogP contribution < -0.4 is 5.32 Å². The zero-order valence-electron chi connectivity index (χ0n) is 12.5. The number of hydrogen-bond acceptors (Lipinski definition) is 3. The molecular formula is C17H18N2O2S. The molecule has 2 heterocycles. The number of benzene rings is 1. The van der Waals surface area contributed by atoms with E-state index < -0.39 is 6.10 Å². The van der Waals surface area contributed by atoms with Crippen molar-refractivity contribution >= 4 is 28.1 Å². The SMILES string of the molecule is Cc1csc(C(=O)NC[C@H](O)c2cn(C)c3ccccc23)c1. The third kappa shape index (κ3) is 2.77. The van der Waals surface area contributed by atoms with E-state index in [-0.39, 0.29) is 12.5 Å². The van der Waals surface area contributed by atoms with Crippen molar-refractivity contribution in [1.29, 1.82) is 0 Å². The Labute approximate surface area is 133 Å². The number of carbonyl (C=O) groups excluding carboxylic acids is 1. The van der Waals surface area contributed by atoms with E-state index in [0.29, 0.717) is 4.88 Å². The molecule has 0 spiro atoms. The average Bonchev–Trinajstić information content (AvgIpc) is 3.09. The van der Waals surface area contributed by atoms with Gasteiger partial charge >= 0.3 is 0 Å². The van der Waals surface area contributed by atoms with Crippen molar-refractivity contribution in [3.8, 4) is 0 Å². The standard InChI is InChI=1S/C17H18N2O2S/c1-11-7-16(22-10-11)17(21)18-8-15(20)13-9-19(2)14-6-4-3-5-12(13)14/h3-7,9-10,15,20H,8H2,1-2H3,(H,18,21)/t15-/m0/s1. The van der Waals surface area contributed by atoms with Crippen LogP contribution in [0.25, 0.3) is 10.9 Å². The normalized spacial score (nSPS) is 12.5. The lowest BCUT2D eigenvalue weighted by molar-refractivity contribution is 0.0921. The van der Waals surface area contributed by atoms with Crippen molar-refractivity contribution in [2.75, 3.05) is 6.54 Å². The van der Waals surface area contributed by atoms with Crippen molar-refractivity contribution in [2.45, 2.75) is 13.0 Å². The van der Waals surface area contributed by atoms with Crippen LogP contribution in [0.2, 0.25) is 0 Å². The molecule has 2 N–H and O–H groups in total. The maximum absolute atomic E-state index is 12.0. The molecule has 114 valence electrons. The lowest BCUT2D eigenvalue weighted by Gasteiger charge is -2.10. The molecule has 4 nitrogen and oxygen atoms in total. The van der Waals surface area contributed by atoms with E-state index in [9.17, 15) is 9.90 Å². The number of aliphatic hydroxyl groups excluding tert-OH is 1. The minimum atomic E-state index is -0.726. The van der Waals surface area contributed by atoms with Crippen LogP contribution in [0.5, 0.6) is 0 Å². The van der Waals surface area contributed by atoms with Crippen LogP contribution in [0.15, 0.2) is 41.9 Å². The summed E-state index contributed by atoms with van der Waals surface area (Å²) in [5.74, 6) is -0.141. The molecule has 3 aromatic rings. The van der Waals surface area contributed by atoms with Gasteiger partial charge in [-0.25, -0.2) is 0 Å². The minimum absolute atomic E-state index is 0.141. The van der Waals surface area contributed by atoms with Crippen molar-refractivity contribution in [2.24, 2.45) is 7.05 Å². The van der Waals surface area contributed by atoms with Crippen LogP contribution in [0.3, 0.4) is 0 Å². The summed E-state index contributed by atoms with van der Waals surface area (Å²) in [6, 6.07) is 9.77. The summed E-state index contributed by atoms with van der Waals surface area (Å²) < 4.78 is 1.98. The lowest BCUT2D eigenvalue weighted by atomic mass is 10.1. The first-order valence-electron chi connectivity index (χ1n) is 7.11. The molecule has 2 aromatic heterocycles. The summed E-state index contributed by atoms with van der Waals surface area (Å²) in [4.78, 5) is 12.7. The molecule has 0 unspecified atom stereocenters. The fourth-order valence-corrected chi connectivity index (χ4v) is 3.39. The topological polar surface area (TPSA) is 54.3 Å². The lowest BCUT2D eigenvalue weighted by Crippen LogP contribution is -2.27. The van der Waals surface area contributed by atoms with Crippen LogP contribution >= 0.6 is 11.3 Å². The van der Waals surface area contributed by atoms with Gasteiger partial charge in [0.25, 0.3) is 5.91 Å². The molecule has 0 saturated heterocycles. The molecule has 0 aliphatic carbocycles. The Hall–Kier alpha value is -2.11. The highest BCUT2D eigenvalue weighted by molar-refractivity contribution is 7.12. The van der Waals surface area contributed by atoms with Gasteiger partial charge in [0.15, 0.2) is 0 Å². The molecule has 1 amide bonds. The zero-order valence-corrected chi connectivity index (χ0v) is 13.4. The largest absolute Gasteiger partial charge is 0.386 e. The van der Waals surface area contributed by atoms with Gasteiger partial charge in [0.1, 0.15) is 0 Å². The van der Waals surface area contributed by atoms with E-state index in [4.69, 9.17) is 0 Å². The number of rotatable bonds is 4. The average molecular weight is 314 g/mol. The predicted octanol–water partition coefficient (Wildman–Crippen LogP) is 3.01. The fourth-order valence-electron chi connectivity index (χ4n) is 2.58. The number of aryl methyl sites for hydroxylation is 2. The van der Waals surface area contributed by atoms with E-state index in [2.05, 4.69) is 5.32 Å².